The summed E-state index contributed by atoms with van der Waals surface area (Å²) < 4.78 is 78.6. The molecule has 0 saturated heterocycles. The molecule has 386 valence electrons. The number of benzene rings is 4. The summed E-state index contributed by atoms with van der Waals surface area (Å²) in [7, 11) is 0. The average Bonchev–Trinajstić information content (AvgIpc) is 3.66. The lowest BCUT2D eigenvalue weighted by molar-refractivity contribution is -0.0533. The Morgan fingerprint density at radius 3 is 1.42 bits per heavy atom. The van der Waals surface area contributed by atoms with E-state index in [1.807, 2.05) is 38.1 Å². The van der Waals surface area contributed by atoms with E-state index in [4.69, 9.17) is 14.2 Å². The van der Waals surface area contributed by atoms with Crippen LogP contribution in [0.2, 0.25) is 0 Å². The first-order valence-corrected chi connectivity index (χ1v) is 24.8. The van der Waals surface area contributed by atoms with Crippen LogP contribution in [0.25, 0.3) is 0 Å². The van der Waals surface area contributed by atoms with Crippen molar-refractivity contribution in [1.29, 1.82) is 0 Å². The summed E-state index contributed by atoms with van der Waals surface area (Å²) in [5, 5.41) is 19.1. The number of carbonyl (C=O) groups excluding carboxylic acids is 3. The van der Waals surface area contributed by atoms with Crippen LogP contribution in [0.5, 0.6) is 11.5 Å². The molecule has 0 bridgehead atoms. The second-order valence-corrected chi connectivity index (χ2v) is 18.6. The van der Waals surface area contributed by atoms with Crippen molar-refractivity contribution in [3.8, 4) is 11.5 Å². The van der Waals surface area contributed by atoms with Crippen molar-refractivity contribution in [3.05, 3.63) is 185 Å². The Morgan fingerprint density at radius 2 is 1.01 bits per heavy atom. The number of amides is 2. The molecule has 74 heavy (non-hydrogen) atoms. The molecule has 2 amide bonds. The minimum Gasteiger partial charge on any atom is -0.502 e. The third kappa shape index (κ3) is 9.39. The molecular formula is C55H54F4N6O9. The summed E-state index contributed by atoms with van der Waals surface area (Å²) in [6.07, 6.45) is 2.34. The van der Waals surface area contributed by atoms with Crippen LogP contribution < -0.4 is 15.6 Å². The van der Waals surface area contributed by atoms with E-state index in [0.29, 0.717) is 96.1 Å². The smallest absolute Gasteiger partial charge is 0.502 e. The molecule has 0 saturated carbocycles. The van der Waals surface area contributed by atoms with Gasteiger partial charge in [0.2, 0.25) is 22.9 Å². The first-order valence-electron chi connectivity index (χ1n) is 24.8. The van der Waals surface area contributed by atoms with E-state index in [9.17, 15) is 37.9 Å². The van der Waals surface area contributed by atoms with Gasteiger partial charge in [-0.1, -0.05) is 62.4 Å². The largest absolute Gasteiger partial charge is 0.511 e. The summed E-state index contributed by atoms with van der Waals surface area (Å²) in [6, 6.07) is 18.1. The summed E-state index contributed by atoms with van der Waals surface area (Å²) in [4.78, 5) is 67.1. The Morgan fingerprint density at radius 1 is 0.622 bits per heavy atom. The van der Waals surface area contributed by atoms with Crippen LogP contribution in [0.3, 0.4) is 0 Å². The summed E-state index contributed by atoms with van der Waals surface area (Å²) in [5.74, 6) is -4.60. The maximum absolute atomic E-state index is 15.2. The Bertz CT molecular complexity index is 3190. The lowest BCUT2D eigenvalue weighted by Gasteiger charge is -2.40. The van der Waals surface area contributed by atoms with E-state index >= 15 is 8.78 Å². The molecule has 10 rings (SSSR count). The first kappa shape index (κ1) is 51.1. The molecule has 2 aromatic heterocycles. The molecule has 2 aliphatic carbocycles. The van der Waals surface area contributed by atoms with Gasteiger partial charge >= 0.3 is 6.16 Å². The Balaban J connectivity index is 0.000000186. The van der Waals surface area contributed by atoms with Crippen LogP contribution in [0, 0.1) is 23.3 Å². The lowest BCUT2D eigenvalue weighted by atomic mass is 9.81. The maximum Gasteiger partial charge on any atom is 0.511 e. The maximum atomic E-state index is 15.2. The quantitative estimate of drug-likeness (QED) is 0.0794. The predicted molar refractivity (Wildman–Crippen MR) is 261 cm³/mol. The Kier molecular flexibility index (Phi) is 14.7. The average molecular weight is 1020 g/mol. The Hall–Kier alpha value is -7.83. The van der Waals surface area contributed by atoms with Gasteiger partial charge in [-0.15, -0.1) is 0 Å². The minimum atomic E-state index is -1.26. The van der Waals surface area contributed by atoms with E-state index in [-0.39, 0.29) is 60.1 Å². The zero-order chi connectivity index (χ0) is 52.5. The number of nitrogens with zero attached hydrogens (tertiary/aromatic N) is 6. The highest BCUT2D eigenvalue weighted by Crippen LogP contribution is 2.47. The van der Waals surface area contributed by atoms with Crippen LogP contribution in [0.1, 0.15) is 130 Å². The van der Waals surface area contributed by atoms with Gasteiger partial charge in [0.1, 0.15) is 23.3 Å². The fourth-order valence-electron chi connectivity index (χ4n) is 11.1. The number of carbonyl (C=O) groups is 3. The van der Waals surface area contributed by atoms with Crippen molar-refractivity contribution < 1.29 is 51.3 Å². The van der Waals surface area contributed by atoms with Gasteiger partial charge in [0.25, 0.3) is 11.8 Å². The van der Waals surface area contributed by atoms with E-state index in [1.54, 1.807) is 41.0 Å². The van der Waals surface area contributed by atoms with Crippen LogP contribution in [-0.2, 0) is 35.2 Å². The number of aromatic nitrogens is 4. The molecule has 19 heteroatoms. The predicted octanol–water partition coefficient (Wildman–Crippen LogP) is 8.32. The number of hydrogen-bond acceptors (Lipinski definition) is 11. The summed E-state index contributed by atoms with van der Waals surface area (Å²) >= 11 is 0. The molecule has 1 N–H and O–H groups in total. The molecule has 15 nitrogen and oxygen atoms in total. The number of halogens is 4. The molecule has 0 spiro atoms. The van der Waals surface area contributed by atoms with Crippen LogP contribution in [0.15, 0.2) is 94.8 Å². The minimum absolute atomic E-state index is 0.0799. The number of aromatic hydroxyl groups is 1. The van der Waals surface area contributed by atoms with E-state index < -0.39 is 64.8 Å². The van der Waals surface area contributed by atoms with Gasteiger partial charge in [-0.05, 0) is 114 Å². The van der Waals surface area contributed by atoms with Gasteiger partial charge in [0, 0.05) is 44.9 Å². The zero-order valence-corrected chi connectivity index (χ0v) is 41.2. The van der Waals surface area contributed by atoms with E-state index in [1.165, 1.54) is 40.6 Å². The fraction of sp³-hybridized carbons (Fsp3) is 0.364. The third-order valence-electron chi connectivity index (χ3n) is 14.2. The van der Waals surface area contributed by atoms with Crippen molar-refractivity contribution in [2.24, 2.45) is 0 Å². The SMILES string of the molecule is CCCN1CC(C2c3cccc(F)c3CCc3c(F)cccc32)n2ncc(=O)c(O)c2C1=O.CCCN1CC(C2c3cccc(F)c3CCc3c(F)cccc32)n2ncc(=O)c(OC(C)OC(=O)OCC)c2C1=O. The Labute approximate surface area is 422 Å². The van der Waals surface area contributed by atoms with Gasteiger partial charge in [-0.25, -0.2) is 22.4 Å². The molecule has 4 aliphatic rings. The molecule has 0 radical (unpaired) electrons. The third-order valence-corrected chi connectivity index (χ3v) is 14.2. The number of fused-ring (bicyclic) bond motifs is 6. The van der Waals surface area contributed by atoms with E-state index in [0.717, 1.165) is 12.4 Å². The topological polar surface area (TPSA) is 175 Å². The van der Waals surface area contributed by atoms with E-state index in [2.05, 4.69) is 10.2 Å². The van der Waals surface area contributed by atoms with Gasteiger partial charge in [-0.2, -0.15) is 10.2 Å². The second-order valence-electron chi connectivity index (χ2n) is 18.6. The van der Waals surface area contributed by atoms with Crippen LogP contribution in [0.4, 0.5) is 22.4 Å². The standard InChI is InChI=1S/C30H31F2N3O6.C25H23F2N3O3/c1-4-14-34-16-24(26-20-8-6-10-22(31)18(20)12-13-19-21(26)9-7-11-23(19)32)35-27(29(34)37)28(25(36)15-33-35)40-17(3)41-30(38)39-5-2;1-2-11-29-13-20(30-23(25(29)33)24(32)21(31)12-28-30)22-16-5-3-7-18(26)14(16)9-10-15-17(22)6-4-8-19(15)27/h6-11,15,17,24,26H,4-5,12-14,16H2,1-3H3;3-8,12,20,22,32H,2,9-11,13H2,1H3. The summed E-state index contributed by atoms with van der Waals surface area (Å²) in [5.41, 5.74) is 2.94. The first-order chi connectivity index (χ1) is 35.7. The van der Waals surface area contributed by atoms with Crippen molar-refractivity contribution in [2.45, 2.75) is 96.4 Å². The van der Waals surface area contributed by atoms with Gasteiger partial charge in [-0.3, -0.25) is 28.5 Å². The normalized spacial score (nSPS) is 17.5. The highest BCUT2D eigenvalue weighted by Gasteiger charge is 2.44. The highest BCUT2D eigenvalue weighted by molar-refractivity contribution is 5.96. The monoisotopic (exact) mass is 1020 g/mol. The van der Waals surface area contributed by atoms with Gasteiger partial charge in [0.05, 0.1) is 31.1 Å². The zero-order valence-electron chi connectivity index (χ0n) is 41.2. The van der Waals surface area contributed by atoms with Crippen LogP contribution >= 0.6 is 0 Å². The fourth-order valence-corrected chi connectivity index (χ4v) is 11.1. The molecule has 3 unspecified atom stereocenters. The number of ether oxygens (including phenoxy) is 3. The van der Waals surface area contributed by atoms with Crippen molar-refractivity contribution >= 4 is 18.0 Å². The number of hydrogen-bond donors (Lipinski definition) is 1. The summed E-state index contributed by atoms with van der Waals surface area (Å²) in [6.45, 7) is 8.12. The second kappa shape index (κ2) is 21.3. The molecule has 3 atom stereocenters. The number of rotatable bonds is 10. The van der Waals surface area contributed by atoms with Crippen molar-refractivity contribution in [2.75, 3.05) is 32.8 Å². The van der Waals surface area contributed by atoms with Crippen LogP contribution in [-0.4, -0.2) is 91.5 Å². The molecule has 4 heterocycles. The highest BCUT2D eigenvalue weighted by atomic mass is 19.1. The van der Waals surface area contributed by atoms with Crippen molar-refractivity contribution in [3.63, 3.8) is 0 Å². The molecule has 6 aromatic rings. The molecule has 2 aliphatic heterocycles. The van der Waals surface area contributed by atoms with Crippen molar-refractivity contribution in [1.82, 2.24) is 29.4 Å². The lowest BCUT2D eigenvalue weighted by Crippen LogP contribution is -2.48. The van der Waals surface area contributed by atoms with Gasteiger partial charge in [0.15, 0.2) is 17.1 Å². The molecular weight excluding hydrogens is 965 g/mol. The molecule has 4 aromatic carbocycles. The van der Waals surface area contributed by atoms with Gasteiger partial charge < -0.3 is 29.1 Å². The molecule has 0 fully saturated rings.